The van der Waals surface area contributed by atoms with Crippen molar-refractivity contribution in [3.63, 3.8) is 0 Å². The minimum absolute atomic E-state index is 0.0158. The van der Waals surface area contributed by atoms with E-state index in [0.717, 1.165) is 9.87 Å². The van der Waals surface area contributed by atoms with Gasteiger partial charge in [0.25, 0.3) is 10.0 Å². The third kappa shape index (κ3) is 7.99. The SMILES string of the molecule is CC[C@H](C(=O)NC(C)(C)C)N(Cc1ccc(Cl)cc1Cl)C(=O)CN(c1ccccc1)S(=O)(=O)c1ccc(C)cc1. The number of carbonyl (C=O) groups excluding carboxylic acids is 2. The zero-order valence-corrected chi connectivity index (χ0v) is 25.6. The van der Waals surface area contributed by atoms with E-state index in [0.29, 0.717) is 27.7 Å². The number of halogens is 2. The Hall–Kier alpha value is -3.07. The Morgan fingerprint density at radius 2 is 1.57 bits per heavy atom. The van der Waals surface area contributed by atoms with Crippen LogP contribution in [-0.4, -0.2) is 43.3 Å². The normalized spacial score (nSPS) is 12.5. The number of anilines is 1. The molecule has 0 fully saturated rings. The lowest BCUT2D eigenvalue weighted by Gasteiger charge is -2.35. The first kappa shape index (κ1) is 31.5. The molecule has 0 spiro atoms. The zero-order valence-electron chi connectivity index (χ0n) is 23.3. The molecule has 40 heavy (non-hydrogen) atoms. The number of rotatable bonds is 10. The van der Waals surface area contributed by atoms with Gasteiger partial charge >= 0.3 is 0 Å². The number of carbonyl (C=O) groups is 2. The molecule has 1 atom stereocenters. The molecule has 10 heteroatoms. The standard InChI is InChI=1S/C30H35Cl2N3O4S/c1-6-27(29(37)33-30(3,4)5)34(19-22-14-15-23(31)18-26(22)32)28(36)20-35(24-10-8-7-9-11-24)40(38,39)25-16-12-21(2)13-17-25/h7-18,27H,6,19-20H2,1-5H3,(H,33,37)/t27-/m1/s1. The molecule has 0 bridgehead atoms. The lowest BCUT2D eigenvalue weighted by molar-refractivity contribution is -0.141. The number of nitrogens with zero attached hydrogens (tertiary/aromatic N) is 2. The van der Waals surface area contributed by atoms with E-state index in [4.69, 9.17) is 23.2 Å². The number of sulfonamides is 1. The maximum atomic E-state index is 14.1. The van der Waals surface area contributed by atoms with Gasteiger partial charge in [0.1, 0.15) is 12.6 Å². The first-order valence-electron chi connectivity index (χ1n) is 12.9. The van der Waals surface area contributed by atoms with Crippen molar-refractivity contribution >= 4 is 50.7 Å². The largest absolute Gasteiger partial charge is 0.350 e. The monoisotopic (exact) mass is 603 g/mol. The number of benzene rings is 3. The van der Waals surface area contributed by atoms with Crippen LogP contribution in [0.2, 0.25) is 10.0 Å². The molecule has 0 aliphatic heterocycles. The fraction of sp³-hybridized carbons (Fsp3) is 0.333. The van der Waals surface area contributed by atoms with Crippen LogP contribution >= 0.6 is 23.2 Å². The van der Waals surface area contributed by atoms with Crippen LogP contribution in [0.4, 0.5) is 5.69 Å². The second-order valence-corrected chi connectivity index (χ2v) is 13.3. The molecule has 3 aromatic rings. The summed E-state index contributed by atoms with van der Waals surface area (Å²) in [5.41, 5.74) is 1.27. The average Bonchev–Trinajstić information content (AvgIpc) is 2.88. The van der Waals surface area contributed by atoms with Crippen LogP contribution in [0.15, 0.2) is 77.7 Å². The van der Waals surface area contributed by atoms with Gasteiger partial charge in [0.15, 0.2) is 0 Å². The van der Waals surface area contributed by atoms with E-state index in [9.17, 15) is 18.0 Å². The van der Waals surface area contributed by atoms with Crippen molar-refractivity contribution in [3.8, 4) is 0 Å². The fourth-order valence-electron chi connectivity index (χ4n) is 4.17. The maximum Gasteiger partial charge on any atom is 0.264 e. The molecule has 3 rings (SSSR count). The van der Waals surface area contributed by atoms with E-state index in [1.165, 1.54) is 17.0 Å². The molecule has 0 unspecified atom stereocenters. The smallest absolute Gasteiger partial charge is 0.264 e. The second-order valence-electron chi connectivity index (χ2n) is 10.6. The van der Waals surface area contributed by atoms with E-state index >= 15 is 0 Å². The summed E-state index contributed by atoms with van der Waals surface area (Å²) < 4.78 is 28.8. The van der Waals surface area contributed by atoms with E-state index in [1.54, 1.807) is 67.6 Å². The minimum atomic E-state index is -4.13. The zero-order chi connectivity index (χ0) is 29.7. The van der Waals surface area contributed by atoms with Gasteiger partial charge in [-0.15, -0.1) is 0 Å². The number of aryl methyl sites for hydroxylation is 1. The molecule has 3 aromatic carbocycles. The van der Waals surface area contributed by atoms with Gasteiger partial charge in [-0.25, -0.2) is 8.42 Å². The van der Waals surface area contributed by atoms with Gasteiger partial charge in [0.2, 0.25) is 11.8 Å². The van der Waals surface area contributed by atoms with Gasteiger partial charge in [-0.1, -0.05) is 72.1 Å². The molecule has 0 radical (unpaired) electrons. The Morgan fingerprint density at radius 1 is 0.950 bits per heavy atom. The number of hydrogen-bond acceptors (Lipinski definition) is 4. The summed E-state index contributed by atoms with van der Waals surface area (Å²) >= 11 is 12.5. The van der Waals surface area contributed by atoms with Gasteiger partial charge in [-0.3, -0.25) is 13.9 Å². The van der Waals surface area contributed by atoms with E-state index in [-0.39, 0.29) is 17.3 Å². The molecule has 0 saturated heterocycles. The van der Waals surface area contributed by atoms with Crippen molar-refractivity contribution in [1.82, 2.24) is 10.2 Å². The molecule has 0 aliphatic carbocycles. The summed E-state index contributed by atoms with van der Waals surface area (Å²) in [5.74, 6) is -0.900. The first-order chi connectivity index (χ1) is 18.7. The fourth-order valence-corrected chi connectivity index (χ4v) is 6.05. The second kappa shape index (κ2) is 13.1. The maximum absolute atomic E-state index is 14.1. The number of amides is 2. The third-order valence-electron chi connectivity index (χ3n) is 6.17. The van der Waals surface area contributed by atoms with Crippen molar-refractivity contribution in [2.75, 3.05) is 10.8 Å². The van der Waals surface area contributed by atoms with Crippen molar-refractivity contribution < 1.29 is 18.0 Å². The van der Waals surface area contributed by atoms with Gasteiger partial charge in [-0.05, 0) is 76.1 Å². The van der Waals surface area contributed by atoms with E-state index < -0.39 is 34.1 Å². The summed E-state index contributed by atoms with van der Waals surface area (Å²) in [4.78, 5) is 28.9. The molecule has 7 nitrogen and oxygen atoms in total. The van der Waals surface area contributed by atoms with Crippen LogP contribution in [0, 0.1) is 6.92 Å². The Balaban J connectivity index is 2.07. The van der Waals surface area contributed by atoms with Crippen LogP contribution < -0.4 is 9.62 Å². The molecular formula is C30H35Cl2N3O4S. The average molecular weight is 605 g/mol. The quantitative estimate of drug-likeness (QED) is 0.298. The molecule has 214 valence electrons. The number of hydrogen-bond donors (Lipinski definition) is 1. The lowest BCUT2D eigenvalue weighted by Crippen LogP contribution is -2.55. The summed E-state index contributed by atoms with van der Waals surface area (Å²) in [6.45, 7) is 8.68. The molecule has 1 N–H and O–H groups in total. The third-order valence-corrected chi connectivity index (χ3v) is 8.55. The highest BCUT2D eigenvalue weighted by molar-refractivity contribution is 7.92. The van der Waals surface area contributed by atoms with Crippen LogP contribution in [0.1, 0.15) is 45.2 Å². The van der Waals surface area contributed by atoms with Gasteiger partial charge in [0.05, 0.1) is 10.6 Å². The van der Waals surface area contributed by atoms with Gasteiger partial charge in [-0.2, -0.15) is 0 Å². The molecule has 0 saturated carbocycles. The summed E-state index contributed by atoms with van der Waals surface area (Å²) in [6.07, 6.45) is 0.301. The summed E-state index contributed by atoms with van der Waals surface area (Å²) in [5, 5.41) is 3.71. The van der Waals surface area contributed by atoms with Crippen LogP contribution in [0.25, 0.3) is 0 Å². The number of para-hydroxylation sites is 1. The summed E-state index contributed by atoms with van der Waals surface area (Å²) in [6, 6.07) is 18.9. The Morgan fingerprint density at radius 3 is 2.12 bits per heavy atom. The van der Waals surface area contributed by atoms with Crippen molar-refractivity contribution in [3.05, 3.63) is 94.0 Å². The van der Waals surface area contributed by atoms with E-state index in [2.05, 4.69) is 5.32 Å². The molecule has 0 aromatic heterocycles. The molecule has 2 amide bonds. The van der Waals surface area contributed by atoms with Gasteiger partial charge < -0.3 is 10.2 Å². The minimum Gasteiger partial charge on any atom is -0.350 e. The topological polar surface area (TPSA) is 86.8 Å². The van der Waals surface area contributed by atoms with Crippen LogP contribution in [0.5, 0.6) is 0 Å². The molecule has 0 aliphatic rings. The van der Waals surface area contributed by atoms with Crippen molar-refractivity contribution in [2.45, 2.75) is 64.1 Å². The number of nitrogens with one attached hydrogen (secondary N) is 1. The van der Waals surface area contributed by atoms with Crippen LogP contribution in [-0.2, 0) is 26.2 Å². The Labute approximate surface area is 247 Å². The van der Waals surface area contributed by atoms with Crippen LogP contribution in [0.3, 0.4) is 0 Å². The molecular weight excluding hydrogens is 569 g/mol. The van der Waals surface area contributed by atoms with E-state index in [1.807, 2.05) is 27.7 Å². The Kier molecular flexibility index (Phi) is 10.3. The highest BCUT2D eigenvalue weighted by atomic mass is 35.5. The van der Waals surface area contributed by atoms with Crippen molar-refractivity contribution in [1.29, 1.82) is 0 Å². The van der Waals surface area contributed by atoms with Crippen molar-refractivity contribution in [2.24, 2.45) is 0 Å². The van der Waals surface area contributed by atoms with Gasteiger partial charge in [0, 0.05) is 22.1 Å². The Bertz CT molecular complexity index is 1440. The first-order valence-corrected chi connectivity index (χ1v) is 15.1. The molecule has 0 heterocycles. The summed E-state index contributed by atoms with van der Waals surface area (Å²) in [7, 11) is -4.13. The highest BCUT2D eigenvalue weighted by Crippen LogP contribution is 2.27. The lowest BCUT2D eigenvalue weighted by atomic mass is 10.1. The predicted molar refractivity (Wildman–Crippen MR) is 161 cm³/mol. The predicted octanol–water partition coefficient (Wildman–Crippen LogP) is 6.22. The highest BCUT2D eigenvalue weighted by Gasteiger charge is 2.34.